The average Bonchev–Trinajstić information content (AvgIpc) is 3.52. The second-order valence-corrected chi connectivity index (χ2v) is 20.1. The molecule has 0 aliphatic carbocycles. The van der Waals surface area contributed by atoms with Gasteiger partial charge in [0.2, 0.25) is 0 Å². The number of hydrogen-bond acceptors (Lipinski definition) is 6. The standard InChI is InChI=1S/C33H47N7O3Si/c1-22(2)28-29(24-10-12-26(13-11-24)37-18-27(19-37)40(32(41)42)33(4,5)6)36-39(21-43-14-15-44(7,8)9)30(28)25-16-23(3)31-34-20-35-38(31)17-25/h10-13,16-17,20,22,27H,14-15,18-19,21H2,1-9H3,(H,41,42). The fourth-order valence-electron chi connectivity index (χ4n) is 6.04. The topological polar surface area (TPSA) is 101 Å². The van der Waals surface area contributed by atoms with Crippen molar-refractivity contribution in [3.8, 4) is 22.5 Å². The van der Waals surface area contributed by atoms with E-state index >= 15 is 0 Å². The number of nitrogens with zero attached hydrogens (tertiary/aromatic N) is 7. The Bertz CT molecular complexity index is 1620. The van der Waals surface area contributed by atoms with E-state index in [0.717, 1.165) is 51.0 Å². The van der Waals surface area contributed by atoms with Crippen LogP contribution in [0.5, 0.6) is 0 Å². The summed E-state index contributed by atoms with van der Waals surface area (Å²) in [4.78, 5) is 20.1. The van der Waals surface area contributed by atoms with Crippen LogP contribution in [0, 0.1) is 6.92 Å². The molecule has 44 heavy (non-hydrogen) atoms. The molecular formula is C33H47N7O3Si. The van der Waals surface area contributed by atoms with E-state index < -0.39 is 19.7 Å². The van der Waals surface area contributed by atoms with E-state index in [2.05, 4.69) is 85.7 Å². The molecule has 4 aromatic rings. The average molecular weight is 618 g/mol. The summed E-state index contributed by atoms with van der Waals surface area (Å²) >= 11 is 0. The number of carboxylic acid groups (broad SMARTS) is 1. The first-order valence-corrected chi connectivity index (χ1v) is 19.2. The first kappa shape index (κ1) is 31.7. The summed E-state index contributed by atoms with van der Waals surface area (Å²) in [6, 6.07) is 11.7. The van der Waals surface area contributed by atoms with Gasteiger partial charge < -0.3 is 14.7 Å². The predicted molar refractivity (Wildman–Crippen MR) is 178 cm³/mol. The molecular weight excluding hydrogens is 570 g/mol. The zero-order valence-electron chi connectivity index (χ0n) is 27.6. The number of anilines is 1. The van der Waals surface area contributed by atoms with Gasteiger partial charge in [-0.05, 0) is 63.4 Å². The van der Waals surface area contributed by atoms with Gasteiger partial charge in [-0.2, -0.15) is 10.2 Å². The number of rotatable bonds is 10. The van der Waals surface area contributed by atoms with E-state index in [1.807, 2.05) is 36.2 Å². The molecule has 1 aliphatic rings. The number of aryl methyl sites for hydroxylation is 1. The van der Waals surface area contributed by atoms with Crippen molar-refractivity contribution in [3.63, 3.8) is 0 Å². The smallest absolute Gasteiger partial charge is 0.408 e. The molecule has 1 aliphatic heterocycles. The Morgan fingerprint density at radius 3 is 2.41 bits per heavy atom. The van der Waals surface area contributed by atoms with Gasteiger partial charge in [-0.25, -0.2) is 19.0 Å². The maximum Gasteiger partial charge on any atom is 0.408 e. The maximum atomic E-state index is 11.9. The van der Waals surface area contributed by atoms with Gasteiger partial charge in [0, 0.05) is 61.9 Å². The highest BCUT2D eigenvalue weighted by molar-refractivity contribution is 6.76. The molecule has 1 aromatic carbocycles. The third kappa shape index (κ3) is 6.53. The van der Waals surface area contributed by atoms with Crippen molar-refractivity contribution in [1.82, 2.24) is 29.3 Å². The van der Waals surface area contributed by atoms with E-state index in [9.17, 15) is 9.90 Å². The molecule has 0 unspecified atom stereocenters. The van der Waals surface area contributed by atoms with Crippen LogP contribution in [-0.4, -0.2) is 79.8 Å². The fraction of sp³-hybridized carbons (Fsp3) is 0.515. The van der Waals surface area contributed by atoms with E-state index in [1.54, 1.807) is 11.2 Å². The summed E-state index contributed by atoms with van der Waals surface area (Å²) in [5, 5.41) is 19.4. The van der Waals surface area contributed by atoms with Crippen LogP contribution < -0.4 is 4.90 Å². The molecule has 0 spiro atoms. The van der Waals surface area contributed by atoms with E-state index in [4.69, 9.17) is 9.84 Å². The minimum absolute atomic E-state index is 0.0234. The monoisotopic (exact) mass is 617 g/mol. The molecule has 4 heterocycles. The Balaban J connectivity index is 1.47. The molecule has 5 rings (SSSR count). The molecule has 0 saturated carbocycles. The summed E-state index contributed by atoms with van der Waals surface area (Å²) < 4.78 is 10.1. The number of ether oxygens (including phenoxy) is 1. The SMILES string of the molecule is Cc1cc(-c2c(C(C)C)c(-c3ccc(N4CC(N(C(=O)O)C(C)(C)C)C4)cc3)nn2COCC[Si](C)(C)C)cn2ncnc12. The van der Waals surface area contributed by atoms with Crippen molar-refractivity contribution in [3.05, 3.63) is 54.0 Å². The highest BCUT2D eigenvalue weighted by Crippen LogP contribution is 2.39. The van der Waals surface area contributed by atoms with Crippen LogP contribution in [0.2, 0.25) is 25.7 Å². The van der Waals surface area contributed by atoms with Crippen LogP contribution in [-0.2, 0) is 11.5 Å². The lowest BCUT2D eigenvalue weighted by Crippen LogP contribution is -2.65. The first-order valence-electron chi connectivity index (χ1n) is 15.5. The fourth-order valence-corrected chi connectivity index (χ4v) is 6.79. The number of fused-ring (bicyclic) bond motifs is 1. The summed E-state index contributed by atoms with van der Waals surface area (Å²) in [6.07, 6.45) is 2.75. The Kier molecular flexibility index (Phi) is 8.65. The van der Waals surface area contributed by atoms with Crippen LogP contribution in [0.15, 0.2) is 42.9 Å². The molecule has 1 fully saturated rings. The number of amides is 1. The van der Waals surface area contributed by atoms with Crippen LogP contribution >= 0.6 is 0 Å². The van der Waals surface area contributed by atoms with Crippen molar-refractivity contribution in [1.29, 1.82) is 0 Å². The van der Waals surface area contributed by atoms with Gasteiger partial charge in [-0.3, -0.25) is 4.90 Å². The molecule has 3 aromatic heterocycles. The number of hydrogen-bond donors (Lipinski definition) is 1. The van der Waals surface area contributed by atoms with Crippen LogP contribution in [0.4, 0.5) is 10.5 Å². The third-order valence-corrected chi connectivity index (χ3v) is 9.98. The number of aromatic nitrogens is 5. The van der Waals surface area contributed by atoms with Crippen molar-refractivity contribution in [2.45, 2.75) is 91.5 Å². The summed E-state index contributed by atoms with van der Waals surface area (Å²) in [5.74, 6) is 0.206. The first-order chi connectivity index (χ1) is 20.6. The maximum absolute atomic E-state index is 11.9. The molecule has 0 atom stereocenters. The lowest BCUT2D eigenvalue weighted by Gasteiger charge is -2.50. The lowest BCUT2D eigenvalue weighted by atomic mass is 9.93. The van der Waals surface area contributed by atoms with E-state index in [-0.39, 0.29) is 12.0 Å². The Labute approximate surface area is 261 Å². The summed E-state index contributed by atoms with van der Waals surface area (Å²) in [6.45, 7) is 21.8. The molecule has 1 amide bonds. The lowest BCUT2D eigenvalue weighted by molar-refractivity contribution is 0.0602. The third-order valence-electron chi connectivity index (χ3n) is 8.27. The number of pyridine rings is 1. The Hall–Kier alpha value is -3.70. The van der Waals surface area contributed by atoms with Gasteiger partial charge in [0.15, 0.2) is 5.65 Å². The molecule has 0 radical (unpaired) electrons. The van der Waals surface area contributed by atoms with Crippen molar-refractivity contribution in [2.75, 3.05) is 24.6 Å². The van der Waals surface area contributed by atoms with Gasteiger partial charge in [-0.15, -0.1) is 0 Å². The minimum Gasteiger partial charge on any atom is -0.465 e. The quantitative estimate of drug-likeness (QED) is 0.151. The van der Waals surface area contributed by atoms with Crippen molar-refractivity contribution in [2.24, 2.45) is 0 Å². The van der Waals surface area contributed by atoms with Crippen LogP contribution in [0.25, 0.3) is 28.2 Å². The normalized spacial score (nSPS) is 14.5. The second-order valence-electron chi connectivity index (χ2n) is 14.5. The minimum atomic E-state index is -1.23. The van der Waals surface area contributed by atoms with Crippen LogP contribution in [0.1, 0.15) is 51.7 Å². The molecule has 236 valence electrons. The van der Waals surface area contributed by atoms with Gasteiger partial charge in [0.05, 0.1) is 17.4 Å². The predicted octanol–water partition coefficient (Wildman–Crippen LogP) is 6.97. The molecule has 10 nitrogen and oxygen atoms in total. The zero-order valence-corrected chi connectivity index (χ0v) is 28.6. The summed E-state index contributed by atoms with van der Waals surface area (Å²) in [5.41, 5.74) is 7.75. The van der Waals surface area contributed by atoms with Gasteiger partial charge in [0.25, 0.3) is 0 Å². The molecule has 1 saturated heterocycles. The van der Waals surface area contributed by atoms with Crippen molar-refractivity contribution >= 4 is 25.5 Å². The molecule has 11 heteroatoms. The molecule has 1 N–H and O–H groups in total. The van der Waals surface area contributed by atoms with Crippen LogP contribution in [0.3, 0.4) is 0 Å². The van der Waals surface area contributed by atoms with Crippen molar-refractivity contribution < 1.29 is 14.6 Å². The zero-order chi connectivity index (χ0) is 32.0. The number of benzene rings is 1. The Morgan fingerprint density at radius 1 is 1.14 bits per heavy atom. The molecule has 0 bridgehead atoms. The van der Waals surface area contributed by atoms with Gasteiger partial charge >= 0.3 is 6.09 Å². The van der Waals surface area contributed by atoms with Gasteiger partial charge in [0.1, 0.15) is 13.1 Å². The number of carbonyl (C=O) groups is 1. The highest BCUT2D eigenvalue weighted by atomic mass is 28.3. The summed E-state index contributed by atoms with van der Waals surface area (Å²) in [7, 11) is -1.23. The van der Waals surface area contributed by atoms with E-state index in [0.29, 0.717) is 26.4 Å². The largest absolute Gasteiger partial charge is 0.465 e. The Morgan fingerprint density at radius 2 is 1.82 bits per heavy atom. The van der Waals surface area contributed by atoms with Gasteiger partial charge in [-0.1, -0.05) is 45.6 Å². The highest BCUT2D eigenvalue weighted by Gasteiger charge is 2.40. The second kappa shape index (κ2) is 12.0. The van der Waals surface area contributed by atoms with E-state index in [1.165, 1.54) is 0 Å².